The van der Waals surface area contributed by atoms with E-state index in [1.807, 2.05) is 12.1 Å². The summed E-state index contributed by atoms with van der Waals surface area (Å²) in [5.41, 5.74) is 0. The van der Waals surface area contributed by atoms with Crippen molar-refractivity contribution >= 4 is 0 Å². The average molecular weight is 321 g/mol. The van der Waals surface area contributed by atoms with Crippen LogP contribution in [-0.4, -0.2) is 45.1 Å². The van der Waals surface area contributed by atoms with Crippen LogP contribution in [0.2, 0.25) is 0 Å². The maximum atomic E-state index is 3.72. The summed E-state index contributed by atoms with van der Waals surface area (Å²) >= 11 is 0. The molecule has 0 radical (unpaired) electrons. The van der Waals surface area contributed by atoms with Crippen molar-refractivity contribution in [1.82, 2.24) is 45.1 Å². The van der Waals surface area contributed by atoms with Gasteiger partial charge in [-0.2, -0.15) is 10.2 Å². The molecule has 0 atom stereocenters. The molecule has 0 fully saturated rings. The lowest BCUT2D eigenvalue weighted by atomic mass is 10.6. The fourth-order valence-electron chi connectivity index (χ4n) is 0.965. The summed E-state index contributed by atoms with van der Waals surface area (Å²) < 4.78 is 0. The molecule has 0 amide bonds. The number of hydrogen-bond donors (Lipinski definition) is 0. The molecule has 4 aromatic rings. The van der Waals surface area contributed by atoms with E-state index in [9.17, 15) is 0 Å². The van der Waals surface area contributed by atoms with Crippen molar-refractivity contribution in [2.45, 2.75) is 0 Å². The van der Waals surface area contributed by atoms with Crippen LogP contribution in [0.25, 0.3) is 0 Å². The average Bonchev–Trinajstić information content (AvgIpc) is 2.75. The van der Waals surface area contributed by atoms with Gasteiger partial charge in [0, 0.05) is 49.6 Å². The third-order valence-electron chi connectivity index (χ3n) is 1.84. The number of nitrogens with zero attached hydrogens (tertiary/aromatic N) is 9. The second-order valence-electron chi connectivity index (χ2n) is 3.51. The van der Waals surface area contributed by atoms with Gasteiger partial charge in [-0.3, -0.25) is 9.97 Å². The van der Waals surface area contributed by atoms with Gasteiger partial charge in [-0.25, -0.2) is 24.9 Å². The molecule has 9 heteroatoms. The van der Waals surface area contributed by atoms with Crippen LogP contribution in [0.15, 0.2) is 93.1 Å². The number of aromatic nitrogens is 9. The largest absolute Gasteiger partial charge is 0.262 e. The van der Waals surface area contributed by atoms with Gasteiger partial charge in [0.25, 0.3) is 0 Å². The quantitative estimate of drug-likeness (QED) is 0.472. The number of rotatable bonds is 0. The van der Waals surface area contributed by atoms with Crippen molar-refractivity contribution in [3.63, 3.8) is 0 Å². The van der Waals surface area contributed by atoms with Gasteiger partial charge in [-0.05, 0) is 18.2 Å². The summed E-state index contributed by atoms with van der Waals surface area (Å²) in [7, 11) is 0. The molecule has 4 aromatic heterocycles. The van der Waals surface area contributed by atoms with Crippen molar-refractivity contribution in [1.29, 1.82) is 0 Å². The Bertz CT molecular complexity index is 437. The topological polar surface area (TPSA) is 116 Å². The Kier molecular flexibility index (Phi) is 11.9. The summed E-state index contributed by atoms with van der Waals surface area (Å²) in [6.07, 6.45) is 19.0. The van der Waals surface area contributed by atoms with E-state index in [-0.39, 0.29) is 0 Å². The standard InChI is InChI=1S/3C4H4N2.C3H3N3/c1-2-6-4-3-5-1;1-2-5-4-6-3-1;1-2-4-6-5-3-1;1-4-2-6-3-5-1/h3*1-4H;1-3H. The minimum absolute atomic E-state index is 1.44. The van der Waals surface area contributed by atoms with Crippen molar-refractivity contribution < 1.29 is 0 Å². The molecule has 0 aromatic carbocycles. The van der Waals surface area contributed by atoms with Crippen LogP contribution in [0.4, 0.5) is 0 Å². The van der Waals surface area contributed by atoms with E-state index >= 15 is 0 Å². The van der Waals surface area contributed by atoms with Crippen LogP contribution >= 0.6 is 0 Å². The van der Waals surface area contributed by atoms with Crippen LogP contribution < -0.4 is 0 Å². The molecule has 0 saturated carbocycles. The van der Waals surface area contributed by atoms with Gasteiger partial charge in [0.2, 0.25) is 0 Å². The van der Waals surface area contributed by atoms with Crippen LogP contribution in [0.5, 0.6) is 0 Å². The Hall–Kier alpha value is -3.75. The second-order valence-corrected chi connectivity index (χ2v) is 3.51. The molecule has 0 aliphatic carbocycles. The van der Waals surface area contributed by atoms with Gasteiger partial charge < -0.3 is 0 Å². The zero-order chi connectivity index (χ0) is 17.0. The zero-order valence-corrected chi connectivity index (χ0v) is 12.7. The molecule has 0 aliphatic heterocycles. The van der Waals surface area contributed by atoms with E-state index in [0.717, 1.165) is 0 Å². The maximum Gasteiger partial charge on any atom is 0.119 e. The van der Waals surface area contributed by atoms with E-state index in [1.165, 1.54) is 25.3 Å². The highest BCUT2D eigenvalue weighted by Crippen LogP contribution is 1.68. The van der Waals surface area contributed by atoms with Crippen LogP contribution in [0.3, 0.4) is 0 Å². The highest BCUT2D eigenvalue weighted by atomic mass is 15.1. The molecule has 0 unspecified atom stereocenters. The van der Waals surface area contributed by atoms with Crippen molar-refractivity contribution in [3.05, 3.63) is 93.1 Å². The Morgan fingerprint density at radius 1 is 0.292 bits per heavy atom. The van der Waals surface area contributed by atoms with Crippen molar-refractivity contribution in [2.24, 2.45) is 0 Å². The van der Waals surface area contributed by atoms with Gasteiger partial charge in [0.05, 0.1) is 0 Å². The molecular formula is C15H15N9. The molecule has 0 saturated heterocycles. The van der Waals surface area contributed by atoms with E-state index < -0.39 is 0 Å². The maximum absolute atomic E-state index is 3.72. The van der Waals surface area contributed by atoms with E-state index in [2.05, 4.69) is 45.1 Å². The lowest BCUT2D eigenvalue weighted by Crippen LogP contribution is -1.73. The highest BCUT2D eigenvalue weighted by Gasteiger charge is 1.61. The van der Waals surface area contributed by atoms with Crippen molar-refractivity contribution in [2.75, 3.05) is 0 Å². The zero-order valence-electron chi connectivity index (χ0n) is 12.7. The smallest absolute Gasteiger partial charge is 0.119 e. The van der Waals surface area contributed by atoms with Gasteiger partial charge in [-0.15, -0.1) is 0 Å². The predicted octanol–water partition coefficient (Wildman–Crippen LogP) is 1.30. The fraction of sp³-hybridized carbons (Fsp3) is 0. The fourth-order valence-corrected chi connectivity index (χ4v) is 0.965. The number of hydrogen-bond acceptors (Lipinski definition) is 9. The third-order valence-corrected chi connectivity index (χ3v) is 1.84. The first kappa shape index (κ1) is 18.3. The van der Waals surface area contributed by atoms with Gasteiger partial charge in [0.15, 0.2) is 0 Å². The van der Waals surface area contributed by atoms with Crippen molar-refractivity contribution in [3.8, 4) is 0 Å². The first-order chi connectivity index (χ1) is 12.0. The normalized spacial score (nSPS) is 8.00. The highest BCUT2D eigenvalue weighted by molar-refractivity contribution is 4.80. The van der Waals surface area contributed by atoms with Gasteiger partial charge in [0.1, 0.15) is 25.3 Å². The molecular weight excluding hydrogens is 306 g/mol. The van der Waals surface area contributed by atoms with Crippen LogP contribution in [-0.2, 0) is 0 Å². The Morgan fingerprint density at radius 2 is 0.708 bits per heavy atom. The Balaban J connectivity index is 0.000000160. The predicted molar refractivity (Wildman–Crippen MR) is 85.9 cm³/mol. The molecule has 4 rings (SSSR count). The molecule has 0 spiro atoms. The second kappa shape index (κ2) is 15.6. The monoisotopic (exact) mass is 321 g/mol. The van der Waals surface area contributed by atoms with Gasteiger partial charge >= 0.3 is 0 Å². The Labute approximate surface area is 139 Å². The SMILES string of the molecule is c1ccnnc1.c1cnccn1.c1cncnc1.c1ncncn1. The van der Waals surface area contributed by atoms with Crippen LogP contribution in [0, 0.1) is 0 Å². The molecule has 0 bridgehead atoms. The van der Waals surface area contributed by atoms with E-state index in [1.54, 1.807) is 55.6 Å². The van der Waals surface area contributed by atoms with E-state index in [4.69, 9.17) is 0 Å². The molecule has 4 heterocycles. The third kappa shape index (κ3) is 13.2. The minimum Gasteiger partial charge on any atom is -0.262 e. The minimum atomic E-state index is 1.44. The van der Waals surface area contributed by atoms with Crippen LogP contribution in [0.1, 0.15) is 0 Å². The Morgan fingerprint density at radius 3 is 0.875 bits per heavy atom. The lowest BCUT2D eigenvalue weighted by Gasteiger charge is -1.70. The lowest BCUT2D eigenvalue weighted by molar-refractivity contribution is 1.03. The molecule has 0 N–H and O–H groups in total. The summed E-state index contributed by atoms with van der Waals surface area (Å²) in [6, 6.07) is 5.43. The summed E-state index contributed by atoms with van der Waals surface area (Å²) in [4.78, 5) is 25.5. The molecule has 0 aliphatic rings. The summed E-state index contributed by atoms with van der Waals surface area (Å²) in [5.74, 6) is 0. The summed E-state index contributed by atoms with van der Waals surface area (Å²) in [6.45, 7) is 0. The summed E-state index contributed by atoms with van der Waals surface area (Å²) in [5, 5.41) is 7.07. The van der Waals surface area contributed by atoms with Gasteiger partial charge in [-0.1, -0.05) is 0 Å². The van der Waals surface area contributed by atoms with E-state index in [0.29, 0.717) is 0 Å². The first-order valence-electron chi connectivity index (χ1n) is 6.66. The molecule has 9 nitrogen and oxygen atoms in total. The first-order valence-corrected chi connectivity index (χ1v) is 6.66. The molecule has 24 heavy (non-hydrogen) atoms. The molecule has 120 valence electrons.